The number of esters is 1. The number of ether oxygens (including phenoxy) is 3. The van der Waals surface area contributed by atoms with Crippen LogP contribution in [-0.2, 0) is 19.0 Å². The van der Waals surface area contributed by atoms with E-state index in [0.717, 1.165) is 37.1 Å². The first-order valence-corrected chi connectivity index (χ1v) is 26.0. The highest BCUT2D eigenvalue weighted by Crippen LogP contribution is 2.46. The van der Waals surface area contributed by atoms with Gasteiger partial charge in [0.1, 0.15) is 19.8 Å². The van der Waals surface area contributed by atoms with Crippen molar-refractivity contribution in [2.24, 2.45) is 5.41 Å². The number of hydrogen-bond donors (Lipinski definition) is 2. The summed E-state index contributed by atoms with van der Waals surface area (Å²) in [6, 6.07) is 51.9. The Hall–Kier alpha value is -6.35. The molecule has 0 bridgehead atoms. The molecule has 67 heavy (non-hydrogen) atoms. The van der Waals surface area contributed by atoms with Crippen LogP contribution in [0.1, 0.15) is 0 Å². The van der Waals surface area contributed by atoms with E-state index in [2.05, 4.69) is 145 Å². The molecule has 0 radical (unpaired) electrons. The normalized spacial score (nSPS) is 11.7. The minimum atomic E-state index is -0.904. The lowest BCUT2D eigenvalue weighted by Gasteiger charge is -2.32. The van der Waals surface area contributed by atoms with Crippen LogP contribution in [-0.4, -0.2) is 56.0 Å². The molecule has 0 spiro atoms. The summed E-state index contributed by atoms with van der Waals surface area (Å²) in [6.07, 6.45) is -0.232. The van der Waals surface area contributed by atoms with Crippen molar-refractivity contribution in [1.29, 1.82) is 0 Å². The van der Waals surface area contributed by atoms with Crippen LogP contribution in [0.5, 0.6) is 0 Å². The van der Waals surface area contributed by atoms with Crippen LogP contribution in [0.3, 0.4) is 0 Å². The summed E-state index contributed by atoms with van der Waals surface area (Å²) in [5.74, 6) is 0.302. The minimum absolute atomic E-state index is 0.0443. The fourth-order valence-electron chi connectivity index (χ4n) is 8.17. The lowest BCUT2D eigenvalue weighted by Crippen LogP contribution is -2.41. The van der Waals surface area contributed by atoms with Gasteiger partial charge in [0, 0.05) is 99.0 Å². The number of fused-ring (bicyclic) bond motifs is 9. The molecule has 0 saturated heterocycles. The molecule has 3 heterocycles. The maximum atomic E-state index is 14.2. The average Bonchev–Trinajstić information content (AvgIpc) is 4.07. The number of alkyl carbamates (subject to hydrolysis) is 1. The van der Waals surface area contributed by atoms with Crippen LogP contribution in [0.15, 0.2) is 174 Å². The number of carbonyl (C=O) groups excluding carboxylic acids is 3. The highest BCUT2D eigenvalue weighted by Gasteiger charge is 2.36. The number of hydrogen-bond acceptors (Lipinski definition) is 11. The predicted molar refractivity (Wildman–Crippen MR) is 283 cm³/mol. The van der Waals surface area contributed by atoms with Gasteiger partial charge >= 0.3 is 18.2 Å². The monoisotopic (exact) mass is 974 g/mol. The maximum absolute atomic E-state index is 14.2. The summed E-state index contributed by atoms with van der Waals surface area (Å²) in [4.78, 5) is 41.4. The molecular weight excluding hydrogens is 933 g/mol. The Bertz CT molecular complexity index is 3370. The van der Waals surface area contributed by atoms with Crippen LogP contribution in [0.4, 0.5) is 15.3 Å². The topological polar surface area (TPSA) is 103 Å². The van der Waals surface area contributed by atoms with E-state index in [1.807, 2.05) is 24.3 Å². The molecule has 3 aromatic heterocycles. The zero-order valence-corrected chi connectivity index (χ0v) is 40.0. The quantitative estimate of drug-likeness (QED) is 0.0324. The first-order chi connectivity index (χ1) is 32.9. The number of para-hydroxylation sites is 1. The molecule has 2 amide bonds. The molecule has 10 aromatic rings. The van der Waals surface area contributed by atoms with Crippen molar-refractivity contribution in [3.05, 3.63) is 164 Å². The summed E-state index contributed by atoms with van der Waals surface area (Å²) in [5.41, 5.74) is 1.61. The van der Waals surface area contributed by atoms with Crippen molar-refractivity contribution >= 4 is 142 Å². The van der Waals surface area contributed by atoms with Gasteiger partial charge in [-0.2, -0.15) is 0 Å². The third-order valence-electron chi connectivity index (χ3n) is 11.5. The van der Waals surface area contributed by atoms with E-state index < -0.39 is 23.6 Å². The Labute approximate surface area is 406 Å². The maximum Gasteiger partial charge on any atom is 0.411 e. The Kier molecular flexibility index (Phi) is 13.2. The van der Waals surface area contributed by atoms with Gasteiger partial charge in [-0.25, -0.2) is 14.4 Å². The van der Waals surface area contributed by atoms with Crippen molar-refractivity contribution < 1.29 is 28.6 Å². The van der Waals surface area contributed by atoms with E-state index in [0.29, 0.717) is 17.2 Å². The van der Waals surface area contributed by atoms with E-state index >= 15 is 0 Å². The smallest absolute Gasteiger partial charge is 0.411 e. The van der Waals surface area contributed by atoms with Crippen molar-refractivity contribution in [1.82, 2.24) is 5.32 Å². The third kappa shape index (κ3) is 9.47. The van der Waals surface area contributed by atoms with Gasteiger partial charge in [-0.05, 0) is 36.4 Å². The molecule has 334 valence electrons. The van der Waals surface area contributed by atoms with Crippen LogP contribution in [0, 0.1) is 5.41 Å². The van der Waals surface area contributed by atoms with Gasteiger partial charge in [-0.1, -0.05) is 122 Å². The van der Waals surface area contributed by atoms with E-state index in [-0.39, 0.29) is 26.4 Å². The van der Waals surface area contributed by atoms with Crippen molar-refractivity contribution in [2.45, 2.75) is 9.79 Å². The highest BCUT2D eigenvalue weighted by molar-refractivity contribution is 8.00. The predicted octanol–water partition coefficient (Wildman–Crippen LogP) is 15.0. The molecule has 0 atom stereocenters. The van der Waals surface area contributed by atoms with E-state index in [9.17, 15) is 14.4 Å². The van der Waals surface area contributed by atoms with Crippen molar-refractivity contribution in [3.8, 4) is 11.1 Å². The number of carbonyl (C=O) groups is 3. The lowest BCUT2D eigenvalue weighted by atomic mass is 9.95. The molecule has 8 nitrogen and oxygen atoms in total. The number of rotatable bonds is 16. The van der Waals surface area contributed by atoms with Crippen LogP contribution in [0.2, 0.25) is 0 Å². The number of benzene rings is 7. The van der Waals surface area contributed by atoms with E-state index in [4.69, 9.17) is 14.2 Å². The molecule has 0 aliphatic heterocycles. The molecule has 10 rings (SSSR count). The van der Waals surface area contributed by atoms with Gasteiger partial charge in [0.2, 0.25) is 0 Å². The second kappa shape index (κ2) is 19.9. The standard InChI is InChI=1S/C54H42N2O6S5/c1-2-48(57)60-29-28-55-52(58)61-30-54(32-63-46-26-12-20-40-36-16-5-9-24-44(36)66-50(40)46,33-64-47-27-13-21-41-37-17-6-10-25-45(37)67-51(41)47)31-62-53(59)56-42-22-7-3-14-34(42)38-18-11-19-39-35-15-4-8-23-43(35)65-49(38)39/h2-27H,1,28-33H2,(H,55,58)(H,56,59). The number of thiophene rings is 3. The average molecular weight is 975 g/mol. The second-order valence-corrected chi connectivity index (χ2v) is 21.1. The first-order valence-electron chi connectivity index (χ1n) is 21.6. The van der Waals surface area contributed by atoms with Crippen LogP contribution in [0.25, 0.3) is 71.6 Å². The number of nitrogens with one attached hydrogen (secondary N) is 2. The fourth-order valence-corrected chi connectivity index (χ4v) is 14.6. The zero-order chi connectivity index (χ0) is 45.7. The summed E-state index contributed by atoms with van der Waals surface area (Å²) in [5, 5.41) is 12.9. The van der Waals surface area contributed by atoms with Crippen molar-refractivity contribution in [3.63, 3.8) is 0 Å². The minimum Gasteiger partial charge on any atom is -0.461 e. The van der Waals surface area contributed by atoms with Gasteiger partial charge in [-0.15, -0.1) is 57.5 Å². The molecule has 13 heteroatoms. The summed E-state index contributed by atoms with van der Waals surface area (Å²) >= 11 is 8.55. The van der Waals surface area contributed by atoms with Gasteiger partial charge in [0.15, 0.2) is 0 Å². The van der Waals surface area contributed by atoms with Gasteiger partial charge in [-0.3, -0.25) is 5.32 Å². The van der Waals surface area contributed by atoms with Crippen LogP contribution >= 0.6 is 57.5 Å². The van der Waals surface area contributed by atoms with Crippen molar-refractivity contribution in [2.75, 3.05) is 43.2 Å². The SMILES string of the molecule is C=CC(=O)OCCNC(=O)OCC(COC(=O)Nc1ccccc1-c1cccc2c1sc1ccccc12)(CSc1cccc2c1sc1ccccc12)CSc1cccc2c1sc1ccccc12. The molecule has 0 aliphatic carbocycles. The molecule has 0 fully saturated rings. The highest BCUT2D eigenvalue weighted by atomic mass is 32.2. The van der Waals surface area contributed by atoms with E-state index in [1.54, 1.807) is 57.5 Å². The Balaban J connectivity index is 0.972. The van der Waals surface area contributed by atoms with E-state index in [1.165, 1.54) is 50.4 Å². The van der Waals surface area contributed by atoms with Crippen LogP contribution < -0.4 is 10.6 Å². The van der Waals surface area contributed by atoms with Gasteiger partial charge in [0.25, 0.3) is 0 Å². The molecule has 0 unspecified atom stereocenters. The molecule has 2 N–H and O–H groups in total. The Morgan fingerprint density at radius 2 is 0.985 bits per heavy atom. The second-order valence-electron chi connectivity index (χ2n) is 15.9. The molecule has 0 aliphatic rings. The number of amides is 2. The number of anilines is 1. The molecule has 7 aromatic carbocycles. The molecular formula is C54H42N2O6S5. The fraction of sp³-hybridized carbons (Fsp3) is 0.130. The molecule has 0 saturated carbocycles. The Morgan fingerprint density at radius 3 is 1.57 bits per heavy atom. The first kappa shape index (κ1) is 44.5. The summed E-state index contributed by atoms with van der Waals surface area (Å²) in [6.45, 7) is 3.28. The third-order valence-corrected chi connectivity index (χ3v) is 18.2. The van der Waals surface area contributed by atoms with Gasteiger partial charge in [0.05, 0.1) is 17.6 Å². The zero-order valence-electron chi connectivity index (χ0n) is 36.0. The summed E-state index contributed by atoms with van der Waals surface area (Å²) < 4.78 is 24.5. The lowest BCUT2D eigenvalue weighted by molar-refractivity contribution is -0.137. The van der Waals surface area contributed by atoms with Gasteiger partial charge < -0.3 is 19.5 Å². The largest absolute Gasteiger partial charge is 0.461 e. The summed E-state index contributed by atoms with van der Waals surface area (Å²) in [7, 11) is 0. The number of thioether (sulfide) groups is 2. The Morgan fingerprint density at radius 1 is 0.522 bits per heavy atom.